The minimum Gasteiger partial charge on any atom is -0.164 e. The van der Waals surface area contributed by atoms with Crippen LogP contribution in [0.2, 0.25) is 5.02 Å². The van der Waals surface area contributed by atoms with Crippen molar-refractivity contribution in [3.05, 3.63) is 65.2 Å². The number of halogens is 2. The number of hydrogen-bond donors (Lipinski definition) is 0. The molecule has 0 heterocycles. The number of azo groups is 1. The Kier molecular flexibility index (Phi) is 4.13. The molecule has 86 valence electrons. The zero-order valence-electron chi connectivity index (χ0n) is 8.92. The summed E-state index contributed by atoms with van der Waals surface area (Å²) in [5.74, 6) is 0. The van der Waals surface area contributed by atoms with Crippen LogP contribution in [0.1, 0.15) is 11.1 Å². The first-order chi connectivity index (χ1) is 8.25. The Morgan fingerprint density at radius 2 is 1.53 bits per heavy atom. The third-order valence-electron chi connectivity index (χ3n) is 2.18. The highest BCUT2D eigenvalue weighted by Gasteiger charge is 2.05. The molecule has 0 aliphatic heterocycles. The Morgan fingerprint density at radius 3 is 2.18 bits per heavy atom. The van der Waals surface area contributed by atoms with E-state index in [1.165, 1.54) is 0 Å². The molecule has 2 aromatic rings. The Morgan fingerprint density at radius 1 is 0.882 bits per heavy atom. The molecule has 4 heteroatoms. The fourth-order valence-corrected chi connectivity index (χ4v) is 1.62. The van der Waals surface area contributed by atoms with Crippen LogP contribution in [-0.4, -0.2) is 0 Å². The molecular formula is C13H10Cl2N2. The lowest BCUT2D eigenvalue weighted by Crippen LogP contribution is -1.84. The molecule has 0 fully saturated rings. The maximum atomic E-state index is 6.10. The molecule has 2 nitrogen and oxygen atoms in total. The normalized spacial score (nSPS) is 12.8. The van der Waals surface area contributed by atoms with Crippen LogP contribution in [0.5, 0.6) is 0 Å². The first kappa shape index (κ1) is 12.1. The third kappa shape index (κ3) is 3.55. The molecule has 2 aromatic carbocycles. The molecule has 0 N–H and O–H groups in total. The molecule has 0 saturated heterocycles. The highest BCUT2D eigenvalue weighted by molar-refractivity contribution is 6.30. The molecule has 0 aromatic heterocycles. The second-order valence-corrected chi connectivity index (χ2v) is 4.29. The summed E-state index contributed by atoms with van der Waals surface area (Å²) in [5, 5.41) is 8.79. The van der Waals surface area contributed by atoms with Crippen LogP contribution in [-0.2, 0) is 0 Å². The van der Waals surface area contributed by atoms with E-state index in [9.17, 15) is 0 Å². The third-order valence-corrected chi connectivity index (χ3v) is 2.77. The summed E-state index contributed by atoms with van der Waals surface area (Å²) in [6, 6.07) is 16.7. The number of benzene rings is 2. The van der Waals surface area contributed by atoms with Gasteiger partial charge in [0.2, 0.25) is 0 Å². The second kappa shape index (κ2) is 5.80. The second-order valence-electron chi connectivity index (χ2n) is 3.44. The van der Waals surface area contributed by atoms with E-state index in [1.807, 2.05) is 42.5 Å². The van der Waals surface area contributed by atoms with Gasteiger partial charge in [-0.2, -0.15) is 10.2 Å². The zero-order chi connectivity index (χ0) is 12.1. The maximum absolute atomic E-state index is 6.10. The van der Waals surface area contributed by atoms with Crippen molar-refractivity contribution in [2.75, 3.05) is 0 Å². The van der Waals surface area contributed by atoms with E-state index in [-0.39, 0.29) is 0 Å². The van der Waals surface area contributed by atoms with Crippen LogP contribution < -0.4 is 0 Å². The number of nitrogens with zero attached hydrogens (tertiary/aromatic N) is 2. The maximum Gasteiger partial charge on any atom is 0.169 e. The molecule has 2 rings (SSSR count). The van der Waals surface area contributed by atoms with E-state index < -0.39 is 5.50 Å². The summed E-state index contributed by atoms with van der Waals surface area (Å²) in [6.07, 6.45) is 0. The molecule has 0 amide bonds. The molecule has 0 aliphatic rings. The van der Waals surface area contributed by atoms with Gasteiger partial charge in [-0.25, -0.2) is 0 Å². The Balaban J connectivity index is 2.09. The number of alkyl halides is 1. The van der Waals surface area contributed by atoms with Crippen LogP contribution in [0, 0.1) is 0 Å². The monoisotopic (exact) mass is 264 g/mol. The van der Waals surface area contributed by atoms with E-state index in [0.717, 1.165) is 11.3 Å². The molecule has 0 radical (unpaired) electrons. The SMILES string of the molecule is Clc1ccc(C(Cl)N=Nc2ccccc2)cc1. The van der Waals surface area contributed by atoms with Crippen molar-refractivity contribution in [3.8, 4) is 0 Å². The summed E-state index contributed by atoms with van der Waals surface area (Å²) in [4.78, 5) is 0. The highest BCUT2D eigenvalue weighted by Crippen LogP contribution is 2.25. The van der Waals surface area contributed by atoms with E-state index in [2.05, 4.69) is 10.2 Å². The van der Waals surface area contributed by atoms with Gasteiger partial charge in [0.05, 0.1) is 5.69 Å². The van der Waals surface area contributed by atoms with Gasteiger partial charge in [-0.15, -0.1) is 0 Å². The van der Waals surface area contributed by atoms with Crippen LogP contribution in [0.3, 0.4) is 0 Å². The zero-order valence-corrected chi connectivity index (χ0v) is 10.4. The minimum atomic E-state index is -0.493. The molecule has 1 unspecified atom stereocenters. The first-order valence-corrected chi connectivity index (χ1v) is 5.92. The lowest BCUT2D eigenvalue weighted by molar-refractivity contribution is 0.921. The summed E-state index contributed by atoms with van der Waals surface area (Å²) < 4.78 is 0. The largest absolute Gasteiger partial charge is 0.169 e. The van der Waals surface area contributed by atoms with Gasteiger partial charge >= 0.3 is 0 Å². The van der Waals surface area contributed by atoms with Crippen molar-refractivity contribution >= 4 is 28.9 Å². The van der Waals surface area contributed by atoms with E-state index in [0.29, 0.717) is 5.02 Å². The average Bonchev–Trinajstić information content (AvgIpc) is 2.38. The van der Waals surface area contributed by atoms with Gasteiger partial charge < -0.3 is 0 Å². The molecule has 0 bridgehead atoms. The van der Waals surface area contributed by atoms with Gasteiger partial charge in [-0.3, -0.25) is 0 Å². The summed E-state index contributed by atoms with van der Waals surface area (Å²) in [6.45, 7) is 0. The van der Waals surface area contributed by atoms with E-state index in [1.54, 1.807) is 12.1 Å². The van der Waals surface area contributed by atoms with Crippen molar-refractivity contribution in [1.29, 1.82) is 0 Å². The van der Waals surface area contributed by atoms with Crippen molar-refractivity contribution in [2.45, 2.75) is 5.50 Å². The molecule has 1 atom stereocenters. The van der Waals surface area contributed by atoms with Gasteiger partial charge in [-0.1, -0.05) is 53.5 Å². The summed E-state index contributed by atoms with van der Waals surface area (Å²) in [5.41, 5.74) is 1.16. The predicted octanol–water partition coefficient (Wildman–Crippen LogP) is 5.36. The number of hydrogen-bond acceptors (Lipinski definition) is 2. The van der Waals surface area contributed by atoms with Crippen LogP contribution in [0.15, 0.2) is 64.8 Å². The van der Waals surface area contributed by atoms with Gasteiger partial charge in [0.15, 0.2) is 5.50 Å². The van der Waals surface area contributed by atoms with Gasteiger partial charge in [-0.05, 0) is 29.8 Å². The molecule has 0 aliphatic carbocycles. The quantitative estimate of drug-likeness (QED) is 0.405. The molecule has 0 saturated carbocycles. The fourth-order valence-electron chi connectivity index (χ4n) is 1.30. The van der Waals surface area contributed by atoms with Crippen LogP contribution >= 0.6 is 23.2 Å². The highest BCUT2D eigenvalue weighted by atomic mass is 35.5. The Hall–Kier alpha value is -1.38. The molecule has 0 spiro atoms. The fraction of sp³-hybridized carbons (Fsp3) is 0.0769. The van der Waals surface area contributed by atoms with Gasteiger partial charge in [0, 0.05) is 5.02 Å². The van der Waals surface area contributed by atoms with Gasteiger partial charge in [0.25, 0.3) is 0 Å². The van der Waals surface area contributed by atoms with Crippen molar-refractivity contribution in [1.82, 2.24) is 0 Å². The Labute approximate surface area is 110 Å². The number of rotatable bonds is 3. The van der Waals surface area contributed by atoms with E-state index >= 15 is 0 Å². The van der Waals surface area contributed by atoms with Crippen molar-refractivity contribution in [3.63, 3.8) is 0 Å². The molecular weight excluding hydrogens is 255 g/mol. The lowest BCUT2D eigenvalue weighted by Gasteiger charge is -2.02. The van der Waals surface area contributed by atoms with Crippen molar-refractivity contribution < 1.29 is 0 Å². The Bertz CT molecular complexity index is 495. The van der Waals surface area contributed by atoms with Crippen LogP contribution in [0.4, 0.5) is 5.69 Å². The predicted molar refractivity (Wildman–Crippen MR) is 71.0 cm³/mol. The van der Waals surface area contributed by atoms with Crippen LogP contribution in [0.25, 0.3) is 0 Å². The average molecular weight is 265 g/mol. The van der Waals surface area contributed by atoms with Crippen molar-refractivity contribution in [2.24, 2.45) is 10.2 Å². The minimum absolute atomic E-state index is 0.493. The molecule has 17 heavy (non-hydrogen) atoms. The topological polar surface area (TPSA) is 24.7 Å². The smallest absolute Gasteiger partial charge is 0.164 e. The summed E-state index contributed by atoms with van der Waals surface area (Å²) >= 11 is 11.9. The first-order valence-electron chi connectivity index (χ1n) is 5.11. The van der Waals surface area contributed by atoms with Gasteiger partial charge in [0.1, 0.15) is 0 Å². The standard InChI is InChI=1S/C13H10Cl2N2/c14-11-8-6-10(7-9-11)13(15)17-16-12-4-2-1-3-5-12/h1-9,13H. The van der Waals surface area contributed by atoms with E-state index in [4.69, 9.17) is 23.2 Å². The lowest BCUT2D eigenvalue weighted by atomic mass is 10.2. The summed E-state index contributed by atoms with van der Waals surface area (Å²) in [7, 11) is 0.